The Morgan fingerprint density at radius 2 is 1.85 bits per heavy atom. The number of carbonyl (C=O) groups is 4. The lowest BCUT2D eigenvalue weighted by Crippen LogP contribution is -2.39. The number of likely N-dealkylation sites (tertiary alicyclic amines) is 1. The number of imidazole rings is 1. The normalized spacial score (nSPS) is 20.7. The van der Waals surface area contributed by atoms with E-state index >= 15 is 0 Å². The molecule has 4 N–H and O–H groups in total. The molecule has 2 atom stereocenters. The molecule has 2 aliphatic rings. The number of rotatable bonds is 16. The highest BCUT2D eigenvalue weighted by Crippen LogP contribution is 2.33. The van der Waals surface area contributed by atoms with Crippen molar-refractivity contribution in [1.29, 1.82) is 0 Å². The highest BCUT2D eigenvalue weighted by molar-refractivity contribution is 8.00. The summed E-state index contributed by atoms with van der Waals surface area (Å²) < 4.78 is 2.30. The number of likely N-dealkylation sites (N-methyl/N-ethyl adjacent to an activating group) is 1. The quantitative estimate of drug-likeness (QED) is 0.151. The molecular weight excluding hydrogens is 614 g/mol. The Hall–Kier alpha value is -3.51. The number of fused-ring (bicyclic) bond motifs is 3. The van der Waals surface area contributed by atoms with Crippen LogP contribution in [0, 0.1) is 11.8 Å². The van der Waals surface area contributed by atoms with Gasteiger partial charge in [-0.3, -0.25) is 24.1 Å². The number of pyridine rings is 1. The average Bonchev–Trinajstić information content (AvgIpc) is 3.56. The first-order valence-electron chi connectivity index (χ1n) is 17.2. The van der Waals surface area contributed by atoms with Crippen molar-refractivity contribution in [2.75, 3.05) is 31.6 Å². The van der Waals surface area contributed by atoms with Gasteiger partial charge in [-0.1, -0.05) is 31.5 Å². The number of carbonyl (C=O) groups excluding carboxylic acids is 4. The minimum atomic E-state index is -0.426. The summed E-state index contributed by atoms with van der Waals surface area (Å²) in [5, 5.41) is 6.75. The standard InChI is InChI=1S/C35H49N7O4S/c1-4-5-12-29-40-31-32(25-10-6-7-11-26(25)39-33(31)36)41(29)18-9-8-17-38-34(45)24-15-13-23(14-16-24)20-42-30(44)19-28(35(42)46)47-21-27(37-3)22(2)43/h6-7,10-11,23-24,27-28,37H,4-5,8-9,12-21H2,1-3H3,(H2,36,39)(H,38,45). The molecule has 2 unspecified atom stereocenters. The summed E-state index contributed by atoms with van der Waals surface area (Å²) in [7, 11) is 1.72. The molecule has 1 aliphatic carbocycles. The summed E-state index contributed by atoms with van der Waals surface area (Å²) in [4.78, 5) is 61.3. The third-order valence-electron chi connectivity index (χ3n) is 9.72. The number of nitrogens with one attached hydrogen (secondary N) is 2. The van der Waals surface area contributed by atoms with E-state index in [2.05, 4.69) is 33.2 Å². The zero-order chi connectivity index (χ0) is 33.5. The second-order valence-electron chi connectivity index (χ2n) is 13.0. The molecule has 1 aliphatic heterocycles. The Kier molecular flexibility index (Phi) is 11.9. The largest absolute Gasteiger partial charge is 0.382 e. The fraction of sp³-hybridized carbons (Fsp3) is 0.600. The summed E-state index contributed by atoms with van der Waals surface area (Å²) in [6, 6.07) is 7.73. The lowest BCUT2D eigenvalue weighted by molar-refractivity contribution is -0.139. The van der Waals surface area contributed by atoms with Crippen molar-refractivity contribution in [2.24, 2.45) is 11.8 Å². The molecule has 0 spiro atoms. The molecular formula is C35H49N7O4S. The van der Waals surface area contributed by atoms with Gasteiger partial charge in [-0.2, -0.15) is 0 Å². The van der Waals surface area contributed by atoms with E-state index in [1.54, 1.807) is 7.05 Å². The van der Waals surface area contributed by atoms with Gasteiger partial charge in [0.15, 0.2) is 5.82 Å². The second-order valence-corrected chi connectivity index (χ2v) is 14.3. The van der Waals surface area contributed by atoms with E-state index in [1.165, 1.54) is 23.6 Å². The highest BCUT2D eigenvalue weighted by atomic mass is 32.2. The van der Waals surface area contributed by atoms with Gasteiger partial charge in [0.25, 0.3) is 0 Å². The Bertz CT molecular complexity index is 1600. The smallest absolute Gasteiger partial charge is 0.242 e. The number of ketones is 1. The fourth-order valence-corrected chi connectivity index (χ4v) is 8.24. The average molecular weight is 664 g/mol. The molecule has 2 fully saturated rings. The second kappa shape index (κ2) is 16.1. The molecule has 3 heterocycles. The van der Waals surface area contributed by atoms with Crippen LogP contribution in [0.25, 0.3) is 21.9 Å². The predicted octanol–water partition coefficient (Wildman–Crippen LogP) is 4.25. The maximum atomic E-state index is 13.0. The first kappa shape index (κ1) is 34.8. The first-order valence-corrected chi connectivity index (χ1v) is 18.2. The van der Waals surface area contributed by atoms with Crippen LogP contribution in [0.15, 0.2) is 24.3 Å². The maximum absolute atomic E-state index is 13.0. The van der Waals surface area contributed by atoms with Crippen LogP contribution in [0.5, 0.6) is 0 Å². The molecule has 47 heavy (non-hydrogen) atoms. The molecule has 254 valence electrons. The van der Waals surface area contributed by atoms with Gasteiger partial charge < -0.3 is 20.9 Å². The van der Waals surface area contributed by atoms with Gasteiger partial charge in [-0.25, -0.2) is 9.97 Å². The number of imide groups is 1. The molecule has 3 amide bonds. The Balaban J connectivity index is 1.07. The van der Waals surface area contributed by atoms with Gasteiger partial charge in [-0.05, 0) is 70.9 Å². The van der Waals surface area contributed by atoms with Crippen molar-refractivity contribution < 1.29 is 19.2 Å². The van der Waals surface area contributed by atoms with Crippen molar-refractivity contribution in [3.63, 3.8) is 0 Å². The van der Waals surface area contributed by atoms with Gasteiger partial charge in [-0.15, -0.1) is 11.8 Å². The van der Waals surface area contributed by atoms with Gasteiger partial charge in [0, 0.05) is 49.5 Å². The minimum Gasteiger partial charge on any atom is -0.382 e. The summed E-state index contributed by atoms with van der Waals surface area (Å²) >= 11 is 1.38. The first-order chi connectivity index (χ1) is 22.7. The molecule has 11 nitrogen and oxygen atoms in total. The third-order valence-corrected chi connectivity index (χ3v) is 11.0. The van der Waals surface area contributed by atoms with Crippen molar-refractivity contribution in [1.82, 2.24) is 30.1 Å². The number of Topliss-reactive ketones (excluding diaryl/α,β-unsaturated/α-hetero) is 1. The number of para-hydroxylation sites is 1. The van der Waals surface area contributed by atoms with Crippen molar-refractivity contribution in [3.05, 3.63) is 30.1 Å². The zero-order valence-corrected chi connectivity index (χ0v) is 28.7. The number of nitrogens with zero attached hydrogens (tertiary/aromatic N) is 4. The number of aryl methyl sites for hydroxylation is 2. The number of nitrogens with two attached hydrogens (primary N) is 1. The molecule has 2 aromatic heterocycles. The van der Waals surface area contributed by atoms with Crippen LogP contribution in [0.3, 0.4) is 0 Å². The van der Waals surface area contributed by atoms with Crippen molar-refractivity contribution in [3.8, 4) is 0 Å². The van der Waals surface area contributed by atoms with Crippen LogP contribution in [0.2, 0.25) is 0 Å². The number of nitrogen functional groups attached to an aromatic ring is 1. The monoisotopic (exact) mass is 663 g/mol. The van der Waals surface area contributed by atoms with E-state index in [-0.39, 0.29) is 47.8 Å². The number of aromatic nitrogens is 3. The molecule has 1 saturated heterocycles. The van der Waals surface area contributed by atoms with Gasteiger partial charge in [0.05, 0.1) is 22.3 Å². The van der Waals surface area contributed by atoms with Crippen LogP contribution in [0.1, 0.15) is 77.5 Å². The Morgan fingerprint density at radius 1 is 1.09 bits per heavy atom. The Labute approximate surface area is 281 Å². The number of amides is 3. The Morgan fingerprint density at radius 3 is 2.57 bits per heavy atom. The van der Waals surface area contributed by atoms with Crippen LogP contribution in [0.4, 0.5) is 5.82 Å². The van der Waals surface area contributed by atoms with Crippen LogP contribution in [-0.4, -0.2) is 80.1 Å². The zero-order valence-electron chi connectivity index (χ0n) is 27.9. The topological polar surface area (TPSA) is 152 Å². The van der Waals surface area contributed by atoms with Crippen LogP contribution < -0.4 is 16.4 Å². The van der Waals surface area contributed by atoms with Crippen molar-refractivity contribution >= 4 is 63.0 Å². The van der Waals surface area contributed by atoms with Crippen LogP contribution >= 0.6 is 11.8 Å². The number of unbranched alkanes of at least 4 members (excludes halogenated alkanes) is 2. The summed E-state index contributed by atoms with van der Waals surface area (Å²) in [5.41, 5.74) is 9.01. The van der Waals surface area contributed by atoms with Gasteiger partial charge in [0.1, 0.15) is 17.1 Å². The van der Waals surface area contributed by atoms with E-state index in [1.807, 2.05) is 18.2 Å². The third kappa shape index (κ3) is 8.14. The number of anilines is 1. The van der Waals surface area contributed by atoms with Crippen LogP contribution in [-0.2, 0) is 32.1 Å². The molecule has 5 rings (SSSR count). The van der Waals surface area contributed by atoms with Gasteiger partial charge in [0.2, 0.25) is 17.7 Å². The fourth-order valence-electron chi connectivity index (χ4n) is 6.88. The van der Waals surface area contributed by atoms with Crippen molar-refractivity contribution in [2.45, 2.75) is 95.9 Å². The molecule has 1 saturated carbocycles. The number of thioether (sulfide) groups is 1. The number of hydrogen-bond acceptors (Lipinski definition) is 9. The highest BCUT2D eigenvalue weighted by Gasteiger charge is 2.40. The summed E-state index contributed by atoms with van der Waals surface area (Å²) in [5.74, 6) is 1.98. The SMILES string of the molecule is CCCCc1nc2c(N)nc3ccccc3c2n1CCCCNC(=O)C1CCC(CN2C(=O)CC(SCC(NC)C(C)=O)C2=O)CC1. The van der Waals surface area contributed by atoms with E-state index in [4.69, 9.17) is 10.7 Å². The van der Waals surface area contributed by atoms with Gasteiger partial charge >= 0.3 is 0 Å². The molecule has 1 aromatic carbocycles. The van der Waals surface area contributed by atoms with E-state index in [0.717, 1.165) is 92.1 Å². The number of benzene rings is 1. The van der Waals surface area contributed by atoms with E-state index in [9.17, 15) is 19.2 Å². The van der Waals surface area contributed by atoms with E-state index in [0.29, 0.717) is 24.7 Å². The summed E-state index contributed by atoms with van der Waals surface area (Å²) in [6.07, 6.45) is 8.12. The lowest BCUT2D eigenvalue weighted by Gasteiger charge is -2.30. The summed E-state index contributed by atoms with van der Waals surface area (Å²) in [6.45, 7) is 5.54. The molecule has 0 radical (unpaired) electrons. The minimum absolute atomic E-state index is 0.0202. The maximum Gasteiger partial charge on any atom is 0.242 e. The van der Waals surface area contributed by atoms with E-state index < -0.39 is 5.25 Å². The predicted molar refractivity (Wildman–Crippen MR) is 187 cm³/mol. The lowest BCUT2D eigenvalue weighted by atomic mass is 9.81. The molecule has 3 aromatic rings. The molecule has 0 bridgehead atoms. The number of hydrogen-bond donors (Lipinski definition) is 3. The molecule has 12 heteroatoms.